The Bertz CT molecular complexity index is 1330. The zero-order valence-electron chi connectivity index (χ0n) is 24.1. The summed E-state index contributed by atoms with van der Waals surface area (Å²) in [4.78, 5) is 11.7. The van der Waals surface area contributed by atoms with Gasteiger partial charge in [-0.1, -0.05) is 11.6 Å². The highest BCUT2D eigenvalue weighted by molar-refractivity contribution is 6.33. The van der Waals surface area contributed by atoms with Gasteiger partial charge in [0.1, 0.15) is 30.0 Å². The average molecular weight is 612 g/mol. The molecule has 13 heteroatoms. The molecule has 2 fully saturated rings. The maximum absolute atomic E-state index is 12.7. The standard InChI is InChI=1S/C29H37ClF3N5O4/c1-16-25(24(17(2)34)18(3)39)36-26(22-11-21(5-6-23(22)30)41-13-19(40)12-35-4)37-27(16)38-14-28(15-38)9-7-20(8-10-28)42-29(31,32)33/h5-6,11,19-20,34-35,39-40H,7-10,12-15H2,1-4H3/b24-18+,34-17?/t19-/m1/s1. The zero-order chi connectivity index (χ0) is 30.8. The Morgan fingerprint density at radius 2 is 1.90 bits per heavy atom. The number of rotatable bonds is 10. The molecule has 1 saturated heterocycles. The first kappa shape index (κ1) is 32.0. The lowest BCUT2D eigenvalue weighted by atomic mass is 9.68. The molecule has 42 heavy (non-hydrogen) atoms. The van der Waals surface area contributed by atoms with Gasteiger partial charge in [0.2, 0.25) is 0 Å². The van der Waals surface area contributed by atoms with Gasteiger partial charge >= 0.3 is 6.36 Å². The van der Waals surface area contributed by atoms with E-state index in [1.165, 1.54) is 6.92 Å². The van der Waals surface area contributed by atoms with Crippen molar-refractivity contribution in [3.8, 4) is 17.1 Å². The van der Waals surface area contributed by atoms with E-state index in [4.69, 9.17) is 31.7 Å². The summed E-state index contributed by atoms with van der Waals surface area (Å²) < 4.78 is 48.1. The maximum Gasteiger partial charge on any atom is 0.522 e. The molecule has 2 aromatic rings. The summed E-state index contributed by atoms with van der Waals surface area (Å²) in [6.45, 7) is 6.50. The van der Waals surface area contributed by atoms with Crippen molar-refractivity contribution in [2.24, 2.45) is 5.41 Å². The predicted molar refractivity (Wildman–Crippen MR) is 155 cm³/mol. The van der Waals surface area contributed by atoms with E-state index in [2.05, 4.69) is 15.0 Å². The fourth-order valence-electron chi connectivity index (χ4n) is 5.79. The quantitative estimate of drug-likeness (QED) is 0.200. The number of benzene rings is 1. The molecule has 1 aromatic heterocycles. The van der Waals surface area contributed by atoms with Crippen molar-refractivity contribution in [3.63, 3.8) is 0 Å². The van der Waals surface area contributed by atoms with Crippen LogP contribution >= 0.6 is 11.6 Å². The number of nitrogens with one attached hydrogen (secondary N) is 2. The van der Waals surface area contributed by atoms with E-state index in [9.17, 15) is 23.4 Å². The summed E-state index contributed by atoms with van der Waals surface area (Å²) in [6.07, 6.45) is -4.28. The number of hydrogen-bond donors (Lipinski definition) is 4. The molecule has 4 rings (SSSR count). The van der Waals surface area contributed by atoms with Gasteiger partial charge in [0.25, 0.3) is 0 Å². The number of hydrogen-bond acceptors (Lipinski definition) is 9. The van der Waals surface area contributed by atoms with Crippen molar-refractivity contribution >= 4 is 28.7 Å². The van der Waals surface area contributed by atoms with E-state index in [1.807, 2.05) is 6.92 Å². The van der Waals surface area contributed by atoms with Gasteiger partial charge in [-0.25, -0.2) is 9.97 Å². The molecule has 1 aliphatic heterocycles. The van der Waals surface area contributed by atoms with Crippen molar-refractivity contribution in [1.29, 1.82) is 5.41 Å². The lowest BCUT2D eigenvalue weighted by Crippen LogP contribution is -2.59. The second-order valence-corrected chi connectivity index (χ2v) is 11.6. The monoisotopic (exact) mass is 611 g/mol. The normalized spacial score (nSPS) is 18.5. The summed E-state index contributed by atoms with van der Waals surface area (Å²) >= 11 is 6.59. The third-order valence-electron chi connectivity index (χ3n) is 7.80. The third kappa shape index (κ3) is 7.34. The number of allylic oxidation sites excluding steroid dienone is 2. The highest BCUT2D eigenvalue weighted by Crippen LogP contribution is 2.48. The molecule has 1 atom stereocenters. The molecule has 0 radical (unpaired) electrons. The van der Waals surface area contributed by atoms with Crippen LogP contribution in [0.3, 0.4) is 0 Å². The Morgan fingerprint density at radius 1 is 1.24 bits per heavy atom. The zero-order valence-corrected chi connectivity index (χ0v) is 24.9. The first-order valence-corrected chi connectivity index (χ1v) is 14.2. The van der Waals surface area contributed by atoms with E-state index < -0.39 is 18.6 Å². The molecule has 9 nitrogen and oxygen atoms in total. The van der Waals surface area contributed by atoms with E-state index in [0.29, 0.717) is 78.7 Å². The molecule has 2 heterocycles. The van der Waals surface area contributed by atoms with Crippen molar-refractivity contribution in [3.05, 3.63) is 40.2 Å². The summed E-state index contributed by atoms with van der Waals surface area (Å²) in [6, 6.07) is 5.00. The van der Waals surface area contributed by atoms with Crippen LogP contribution in [-0.4, -0.2) is 77.8 Å². The minimum atomic E-state index is -4.63. The molecule has 0 unspecified atom stereocenters. The SMILES string of the molecule is CNC[C@@H](O)COc1ccc(Cl)c(-c2nc(/C(C(C)=N)=C(\C)O)c(C)c(N3CC4(CCC(OC(F)(F)F)CC4)C3)n2)c1. The fraction of sp³-hybridized carbons (Fsp3) is 0.552. The van der Waals surface area contributed by atoms with Crippen LogP contribution in [0.5, 0.6) is 5.75 Å². The van der Waals surface area contributed by atoms with Crippen LogP contribution in [0.4, 0.5) is 19.0 Å². The molecule has 1 aliphatic carbocycles. The van der Waals surface area contributed by atoms with Gasteiger partial charge in [0.15, 0.2) is 5.82 Å². The van der Waals surface area contributed by atoms with Gasteiger partial charge in [0, 0.05) is 41.9 Å². The second-order valence-electron chi connectivity index (χ2n) is 11.2. The summed E-state index contributed by atoms with van der Waals surface area (Å²) in [7, 11) is 1.73. The van der Waals surface area contributed by atoms with E-state index in [1.54, 1.807) is 32.2 Å². The van der Waals surface area contributed by atoms with Crippen LogP contribution in [0.2, 0.25) is 5.02 Å². The van der Waals surface area contributed by atoms with Crippen molar-refractivity contribution in [1.82, 2.24) is 15.3 Å². The number of anilines is 1. The second kappa shape index (κ2) is 12.7. The smallest absolute Gasteiger partial charge is 0.512 e. The molecule has 1 aromatic carbocycles. The van der Waals surface area contributed by atoms with Gasteiger partial charge in [-0.2, -0.15) is 0 Å². The number of aliphatic hydroxyl groups excluding tert-OH is 2. The summed E-state index contributed by atoms with van der Waals surface area (Å²) in [5.41, 5.74) is 1.78. The minimum Gasteiger partial charge on any atom is -0.512 e. The van der Waals surface area contributed by atoms with Crippen LogP contribution < -0.4 is 15.0 Å². The Kier molecular flexibility index (Phi) is 9.71. The fourth-order valence-corrected chi connectivity index (χ4v) is 5.99. The number of halogens is 4. The van der Waals surface area contributed by atoms with E-state index in [0.717, 1.165) is 0 Å². The minimum absolute atomic E-state index is 0.0570. The van der Waals surface area contributed by atoms with Crippen LogP contribution in [0.15, 0.2) is 24.0 Å². The van der Waals surface area contributed by atoms with Crippen LogP contribution in [0, 0.1) is 17.7 Å². The molecule has 0 bridgehead atoms. The molecular weight excluding hydrogens is 575 g/mol. The number of likely N-dealkylation sites (N-methyl/N-ethyl adjacent to an activating group) is 1. The van der Waals surface area contributed by atoms with Crippen LogP contribution in [0.1, 0.15) is 50.8 Å². The Hall–Kier alpha value is -2.93. The number of aliphatic hydroxyl groups is 2. The van der Waals surface area contributed by atoms with Crippen molar-refractivity contribution < 1.29 is 32.9 Å². The Labute approximate surface area is 248 Å². The van der Waals surface area contributed by atoms with Gasteiger partial charge in [-0.3, -0.25) is 4.74 Å². The summed E-state index contributed by atoms with van der Waals surface area (Å²) in [5.74, 6) is 1.25. The van der Waals surface area contributed by atoms with Gasteiger partial charge in [-0.05, 0) is 71.7 Å². The van der Waals surface area contributed by atoms with Gasteiger partial charge in [0.05, 0.1) is 22.4 Å². The number of alkyl halides is 3. The van der Waals surface area contributed by atoms with Crippen LogP contribution in [0.25, 0.3) is 17.0 Å². The number of ether oxygens (including phenoxy) is 2. The Morgan fingerprint density at radius 3 is 2.48 bits per heavy atom. The third-order valence-corrected chi connectivity index (χ3v) is 8.13. The maximum atomic E-state index is 12.7. The first-order chi connectivity index (χ1) is 19.7. The average Bonchev–Trinajstić information content (AvgIpc) is 2.88. The molecular formula is C29H37ClF3N5O4. The van der Waals surface area contributed by atoms with Crippen molar-refractivity contribution in [2.45, 2.75) is 65.0 Å². The lowest BCUT2D eigenvalue weighted by molar-refractivity contribution is -0.346. The molecule has 230 valence electrons. The first-order valence-electron chi connectivity index (χ1n) is 13.8. The van der Waals surface area contributed by atoms with Gasteiger partial charge < -0.3 is 30.6 Å². The highest BCUT2D eigenvalue weighted by Gasteiger charge is 2.48. The topological polar surface area (TPSA) is 124 Å². The van der Waals surface area contributed by atoms with Crippen molar-refractivity contribution in [2.75, 3.05) is 38.2 Å². The molecule has 1 saturated carbocycles. The van der Waals surface area contributed by atoms with E-state index in [-0.39, 0.29) is 34.9 Å². The predicted octanol–water partition coefficient (Wildman–Crippen LogP) is 5.68. The van der Waals surface area contributed by atoms with Crippen LogP contribution in [-0.2, 0) is 4.74 Å². The number of nitrogens with zero attached hydrogens (tertiary/aromatic N) is 3. The molecule has 4 N–H and O–H groups in total. The molecule has 1 spiro atoms. The summed E-state index contributed by atoms with van der Waals surface area (Å²) in [5, 5.41) is 32.1. The number of aromatic nitrogens is 2. The molecule has 0 amide bonds. The molecule has 2 aliphatic rings. The lowest BCUT2D eigenvalue weighted by Gasteiger charge is -2.54. The van der Waals surface area contributed by atoms with Gasteiger partial charge in [-0.15, -0.1) is 13.2 Å². The Balaban J connectivity index is 1.66. The largest absolute Gasteiger partial charge is 0.522 e. The highest BCUT2D eigenvalue weighted by atomic mass is 35.5. The van der Waals surface area contributed by atoms with E-state index >= 15 is 0 Å².